The van der Waals surface area contributed by atoms with Crippen molar-refractivity contribution in [1.82, 2.24) is 20.0 Å². The third-order valence-electron chi connectivity index (χ3n) is 6.53. The summed E-state index contributed by atoms with van der Waals surface area (Å²) in [6, 6.07) is 11.3. The third kappa shape index (κ3) is 6.33. The van der Waals surface area contributed by atoms with Gasteiger partial charge in [0.25, 0.3) is 0 Å². The number of piperidine rings is 1. The Bertz CT molecular complexity index is 699. The van der Waals surface area contributed by atoms with Crippen molar-refractivity contribution in [1.29, 1.82) is 0 Å². The fourth-order valence-electron chi connectivity index (χ4n) is 4.58. The van der Waals surface area contributed by atoms with Gasteiger partial charge in [-0.3, -0.25) is 14.7 Å². The van der Waals surface area contributed by atoms with Gasteiger partial charge in [0, 0.05) is 52.4 Å². The number of piperazine rings is 1. The molecule has 1 aliphatic carbocycles. The Morgan fingerprint density at radius 2 is 1.70 bits per heavy atom. The van der Waals surface area contributed by atoms with Crippen LogP contribution in [0.4, 0.5) is 0 Å². The Hall–Kier alpha value is -1.35. The molecule has 0 spiro atoms. The predicted molar refractivity (Wildman–Crippen MR) is 132 cm³/mol. The van der Waals surface area contributed by atoms with Crippen molar-refractivity contribution >= 4 is 35.8 Å². The molecule has 0 bridgehead atoms. The van der Waals surface area contributed by atoms with Crippen LogP contribution >= 0.6 is 24.0 Å². The molecule has 4 rings (SSSR count). The topological polar surface area (TPSA) is 51.2 Å². The Kier molecular flexibility index (Phi) is 8.80. The van der Waals surface area contributed by atoms with Crippen LogP contribution in [0.2, 0.25) is 0 Å². The Labute approximate surface area is 198 Å². The number of rotatable bonds is 5. The molecular weight excluding hydrogens is 489 g/mol. The number of aliphatic imine (C=N–C) groups is 1. The van der Waals surface area contributed by atoms with Gasteiger partial charge in [0.05, 0.1) is 6.54 Å². The lowest BCUT2D eigenvalue weighted by Crippen LogP contribution is -2.54. The molecule has 30 heavy (non-hydrogen) atoms. The fraction of sp³-hybridized carbons (Fsp3) is 0.652. The molecule has 1 N–H and O–H groups in total. The molecule has 2 saturated heterocycles. The SMILES string of the molecule is CN=C(NC1CC1Cc1ccccc1)N1CCN(CC(=O)N2CCCCC2)CC1.I. The summed E-state index contributed by atoms with van der Waals surface area (Å²) in [6.45, 7) is 6.19. The number of carbonyl (C=O) groups is 1. The van der Waals surface area contributed by atoms with E-state index < -0.39 is 0 Å². The third-order valence-corrected chi connectivity index (χ3v) is 6.53. The number of guanidine groups is 1. The number of nitrogens with zero attached hydrogens (tertiary/aromatic N) is 4. The quantitative estimate of drug-likeness (QED) is 0.365. The maximum Gasteiger partial charge on any atom is 0.236 e. The zero-order valence-corrected chi connectivity index (χ0v) is 20.5. The maximum atomic E-state index is 12.5. The first kappa shape index (κ1) is 23.3. The van der Waals surface area contributed by atoms with Crippen LogP contribution in [0.3, 0.4) is 0 Å². The second-order valence-corrected chi connectivity index (χ2v) is 8.69. The molecule has 6 nitrogen and oxygen atoms in total. The number of hydrogen-bond donors (Lipinski definition) is 1. The normalized spacial score (nSPS) is 24.9. The van der Waals surface area contributed by atoms with Crippen molar-refractivity contribution in [2.24, 2.45) is 10.9 Å². The summed E-state index contributed by atoms with van der Waals surface area (Å²) >= 11 is 0. The lowest BCUT2D eigenvalue weighted by Gasteiger charge is -2.37. The number of hydrogen-bond acceptors (Lipinski definition) is 3. The van der Waals surface area contributed by atoms with E-state index in [1.54, 1.807) is 0 Å². The molecule has 2 aliphatic heterocycles. The highest BCUT2D eigenvalue weighted by Gasteiger charge is 2.38. The molecule has 166 valence electrons. The molecule has 2 atom stereocenters. The number of benzene rings is 1. The number of likely N-dealkylation sites (tertiary alicyclic amines) is 1. The summed E-state index contributed by atoms with van der Waals surface area (Å²) in [5.74, 6) is 2.03. The molecular formula is C23H36IN5O. The second kappa shape index (κ2) is 11.3. The molecule has 2 unspecified atom stereocenters. The number of carbonyl (C=O) groups excluding carboxylic acids is 1. The van der Waals surface area contributed by atoms with Crippen molar-refractivity contribution < 1.29 is 4.79 Å². The Morgan fingerprint density at radius 1 is 1.00 bits per heavy atom. The van der Waals surface area contributed by atoms with Gasteiger partial charge >= 0.3 is 0 Å². The van der Waals surface area contributed by atoms with Gasteiger partial charge in [-0.1, -0.05) is 30.3 Å². The highest BCUT2D eigenvalue weighted by Crippen LogP contribution is 2.33. The van der Waals surface area contributed by atoms with Crippen LogP contribution in [-0.4, -0.2) is 85.5 Å². The minimum absolute atomic E-state index is 0. The highest BCUT2D eigenvalue weighted by atomic mass is 127. The van der Waals surface area contributed by atoms with Crippen LogP contribution in [0.25, 0.3) is 0 Å². The zero-order chi connectivity index (χ0) is 20.1. The van der Waals surface area contributed by atoms with Gasteiger partial charge in [0.15, 0.2) is 5.96 Å². The molecule has 1 aromatic carbocycles. The van der Waals surface area contributed by atoms with Crippen LogP contribution in [0.15, 0.2) is 35.3 Å². The van der Waals surface area contributed by atoms with Gasteiger partial charge in [-0.2, -0.15) is 0 Å². The van der Waals surface area contributed by atoms with Gasteiger partial charge in [-0.25, -0.2) is 0 Å². The Balaban J connectivity index is 0.00000256. The maximum absolute atomic E-state index is 12.5. The monoisotopic (exact) mass is 525 g/mol. The van der Waals surface area contributed by atoms with Gasteiger partial charge in [-0.05, 0) is 43.6 Å². The summed E-state index contributed by atoms with van der Waals surface area (Å²) < 4.78 is 0. The summed E-state index contributed by atoms with van der Waals surface area (Å²) in [6.07, 6.45) is 5.95. The summed E-state index contributed by atoms with van der Waals surface area (Å²) in [7, 11) is 1.88. The molecule has 3 fully saturated rings. The second-order valence-electron chi connectivity index (χ2n) is 8.69. The molecule has 7 heteroatoms. The minimum atomic E-state index is 0. The van der Waals surface area contributed by atoms with Crippen LogP contribution in [0, 0.1) is 5.92 Å². The predicted octanol–water partition coefficient (Wildman–Crippen LogP) is 2.44. The molecule has 0 aromatic heterocycles. The molecule has 1 amide bonds. The number of amides is 1. The lowest BCUT2D eigenvalue weighted by molar-refractivity contribution is -0.133. The first-order chi connectivity index (χ1) is 14.2. The fourth-order valence-corrected chi connectivity index (χ4v) is 4.58. The standard InChI is InChI=1S/C23H35N5O.HI/c1-24-23(25-21-17-20(21)16-19-8-4-2-5-9-19)28-14-12-26(13-15-28)18-22(29)27-10-6-3-7-11-27;/h2,4-5,8-9,20-21H,3,6-7,10-18H2,1H3,(H,24,25);1H. The number of nitrogens with one attached hydrogen (secondary N) is 1. The summed E-state index contributed by atoms with van der Waals surface area (Å²) in [5, 5.41) is 3.67. The van der Waals surface area contributed by atoms with Crippen LogP contribution in [-0.2, 0) is 11.2 Å². The van der Waals surface area contributed by atoms with Gasteiger partial charge in [-0.15, -0.1) is 24.0 Å². The average molecular weight is 525 g/mol. The van der Waals surface area contributed by atoms with Crippen LogP contribution in [0.5, 0.6) is 0 Å². The molecule has 1 aromatic rings. The first-order valence-electron chi connectivity index (χ1n) is 11.3. The minimum Gasteiger partial charge on any atom is -0.353 e. The van der Waals surface area contributed by atoms with Gasteiger partial charge in [0.1, 0.15) is 0 Å². The van der Waals surface area contributed by atoms with Gasteiger partial charge in [0.2, 0.25) is 5.91 Å². The molecule has 1 saturated carbocycles. The van der Waals surface area contributed by atoms with E-state index >= 15 is 0 Å². The molecule has 0 radical (unpaired) electrons. The van der Waals surface area contributed by atoms with Crippen molar-refractivity contribution in [3.05, 3.63) is 35.9 Å². The first-order valence-corrected chi connectivity index (χ1v) is 11.3. The van der Waals surface area contributed by atoms with Crippen molar-refractivity contribution in [3.63, 3.8) is 0 Å². The van der Waals surface area contributed by atoms with E-state index in [1.807, 2.05) is 7.05 Å². The largest absolute Gasteiger partial charge is 0.353 e. The molecule has 2 heterocycles. The van der Waals surface area contributed by atoms with Crippen LogP contribution in [0.1, 0.15) is 31.2 Å². The van der Waals surface area contributed by atoms with E-state index in [9.17, 15) is 4.79 Å². The lowest BCUT2D eigenvalue weighted by atomic mass is 10.1. The smallest absolute Gasteiger partial charge is 0.236 e. The van der Waals surface area contributed by atoms with E-state index in [4.69, 9.17) is 0 Å². The number of halogens is 1. The van der Waals surface area contributed by atoms with E-state index in [1.165, 1.54) is 18.4 Å². The van der Waals surface area contributed by atoms with E-state index in [0.717, 1.165) is 64.5 Å². The van der Waals surface area contributed by atoms with E-state index in [-0.39, 0.29) is 24.0 Å². The van der Waals surface area contributed by atoms with E-state index in [2.05, 4.69) is 55.3 Å². The highest BCUT2D eigenvalue weighted by molar-refractivity contribution is 14.0. The van der Waals surface area contributed by atoms with Crippen molar-refractivity contribution in [2.75, 3.05) is 52.9 Å². The summed E-state index contributed by atoms with van der Waals surface area (Å²) in [5.41, 5.74) is 1.42. The van der Waals surface area contributed by atoms with E-state index in [0.29, 0.717) is 24.4 Å². The Morgan fingerprint density at radius 3 is 2.37 bits per heavy atom. The van der Waals surface area contributed by atoms with Crippen molar-refractivity contribution in [2.45, 2.75) is 38.1 Å². The zero-order valence-electron chi connectivity index (χ0n) is 18.1. The van der Waals surface area contributed by atoms with Gasteiger partial charge < -0.3 is 15.1 Å². The van der Waals surface area contributed by atoms with Crippen LogP contribution < -0.4 is 5.32 Å². The average Bonchev–Trinajstić information content (AvgIpc) is 3.51. The van der Waals surface area contributed by atoms with Crippen molar-refractivity contribution in [3.8, 4) is 0 Å². The molecule has 3 aliphatic rings. The summed E-state index contributed by atoms with van der Waals surface area (Å²) in [4.78, 5) is 23.7.